The normalized spacial score (nSPS) is 11.0. The summed E-state index contributed by atoms with van der Waals surface area (Å²) < 4.78 is 1.74. The highest BCUT2D eigenvalue weighted by molar-refractivity contribution is 6.33. The average Bonchev–Trinajstić information content (AvgIpc) is 2.68. The van der Waals surface area contributed by atoms with Gasteiger partial charge >= 0.3 is 0 Å². The van der Waals surface area contributed by atoms with E-state index < -0.39 is 0 Å². The zero-order valence-electron chi connectivity index (χ0n) is 9.14. The van der Waals surface area contributed by atoms with E-state index >= 15 is 0 Å². The largest absolute Gasteiger partial charge is 0.506 e. The fourth-order valence-electron chi connectivity index (χ4n) is 1.91. The molecule has 3 rings (SSSR count). The quantitative estimate of drug-likeness (QED) is 0.730. The second-order valence-corrected chi connectivity index (χ2v) is 4.64. The Morgan fingerprint density at radius 2 is 1.94 bits per heavy atom. The minimum absolute atomic E-state index is 0.100. The van der Waals surface area contributed by atoms with Gasteiger partial charge in [-0.3, -0.25) is 4.40 Å². The van der Waals surface area contributed by atoms with Gasteiger partial charge in [-0.15, -0.1) is 0 Å². The molecule has 2 aromatic heterocycles. The summed E-state index contributed by atoms with van der Waals surface area (Å²) in [6, 6.07) is 10.6. The Morgan fingerprint density at radius 1 is 1.11 bits per heavy atom. The van der Waals surface area contributed by atoms with Crippen LogP contribution in [-0.4, -0.2) is 14.5 Å². The molecule has 0 aliphatic heterocycles. The number of halogens is 2. The Hall–Kier alpha value is -1.71. The number of rotatable bonds is 1. The zero-order valence-corrected chi connectivity index (χ0v) is 10.7. The van der Waals surface area contributed by atoms with Crippen LogP contribution in [0.4, 0.5) is 0 Å². The molecular weight excluding hydrogens is 271 g/mol. The molecule has 90 valence electrons. The Kier molecular flexibility index (Phi) is 2.65. The topological polar surface area (TPSA) is 37.5 Å². The molecule has 3 aromatic rings. The van der Waals surface area contributed by atoms with Crippen LogP contribution in [0.15, 0.2) is 42.6 Å². The number of imidazole rings is 1. The van der Waals surface area contributed by atoms with Crippen LogP contribution in [-0.2, 0) is 0 Å². The van der Waals surface area contributed by atoms with Gasteiger partial charge in [0.25, 0.3) is 0 Å². The summed E-state index contributed by atoms with van der Waals surface area (Å²) in [7, 11) is 0. The van der Waals surface area contributed by atoms with Gasteiger partial charge in [-0.2, -0.15) is 0 Å². The molecule has 0 aliphatic carbocycles. The van der Waals surface area contributed by atoms with E-state index in [1.807, 2.05) is 12.1 Å². The predicted molar refractivity (Wildman–Crippen MR) is 72.3 cm³/mol. The molecule has 0 spiro atoms. The number of nitrogens with zero attached hydrogens (tertiary/aromatic N) is 2. The Balaban J connectivity index is 2.34. The van der Waals surface area contributed by atoms with E-state index in [-0.39, 0.29) is 10.9 Å². The summed E-state index contributed by atoms with van der Waals surface area (Å²) in [5.41, 5.74) is 1.34. The average molecular weight is 279 g/mol. The highest BCUT2D eigenvalue weighted by atomic mass is 35.5. The lowest BCUT2D eigenvalue weighted by atomic mass is 10.2. The molecule has 0 fully saturated rings. The number of aromatic hydroxyl groups is 1. The van der Waals surface area contributed by atoms with Crippen molar-refractivity contribution in [3.63, 3.8) is 0 Å². The number of benzene rings is 1. The van der Waals surface area contributed by atoms with Crippen LogP contribution < -0.4 is 0 Å². The number of hydrogen-bond acceptors (Lipinski definition) is 2. The lowest BCUT2D eigenvalue weighted by Crippen LogP contribution is -1.88. The van der Waals surface area contributed by atoms with E-state index in [4.69, 9.17) is 23.2 Å². The number of fused-ring (bicyclic) bond motifs is 1. The molecule has 0 saturated carbocycles. The summed E-state index contributed by atoms with van der Waals surface area (Å²) in [5, 5.41) is 10.7. The maximum Gasteiger partial charge on any atom is 0.159 e. The summed E-state index contributed by atoms with van der Waals surface area (Å²) in [6.07, 6.45) is 1.80. The fourth-order valence-corrected chi connectivity index (χ4v) is 2.37. The molecule has 18 heavy (non-hydrogen) atoms. The standard InChI is InChI=1S/C13H8Cl2N2O/c14-9-4-1-3-8(7-9)13-16-12(15)11-10(18)5-2-6-17(11)13/h1-7,18H. The molecule has 0 unspecified atom stereocenters. The van der Waals surface area contributed by atoms with Crippen LogP contribution in [0.25, 0.3) is 16.9 Å². The van der Waals surface area contributed by atoms with E-state index in [1.54, 1.807) is 34.9 Å². The lowest BCUT2D eigenvalue weighted by molar-refractivity contribution is 0.479. The minimum atomic E-state index is 0.100. The van der Waals surface area contributed by atoms with Gasteiger partial charge in [-0.1, -0.05) is 35.3 Å². The third-order valence-electron chi connectivity index (χ3n) is 2.68. The van der Waals surface area contributed by atoms with Gasteiger partial charge in [0.1, 0.15) is 17.1 Å². The maximum atomic E-state index is 9.80. The molecular formula is C13H8Cl2N2O. The molecule has 0 saturated heterocycles. The first kappa shape index (κ1) is 11.4. The van der Waals surface area contributed by atoms with Crippen molar-refractivity contribution >= 4 is 28.7 Å². The van der Waals surface area contributed by atoms with Crippen LogP contribution in [0.3, 0.4) is 0 Å². The Labute approximate surface area is 113 Å². The van der Waals surface area contributed by atoms with Crippen LogP contribution in [0.5, 0.6) is 5.75 Å². The van der Waals surface area contributed by atoms with Crippen LogP contribution >= 0.6 is 23.2 Å². The van der Waals surface area contributed by atoms with Crippen molar-refractivity contribution in [3.8, 4) is 17.1 Å². The molecule has 3 nitrogen and oxygen atoms in total. The van der Waals surface area contributed by atoms with Gasteiger partial charge in [0.2, 0.25) is 0 Å². The van der Waals surface area contributed by atoms with Crippen molar-refractivity contribution in [1.29, 1.82) is 0 Å². The van der Waals surface area contributed by atoms with Crippen molar-refractivity contribution in [1.82, 2.24) is 9.38 Å². The van der Waals surface area contributed by atoms with Gasteiger partial charge in [0.05, 0.1) is 0 Å². The summed E-state index contributed by atoms with van der Waals surface area (Å²) in [6.45, 7) is 0. The molecule has 0 aliphatic rings. The van der Waals surface area contributed by atoms with Crippen molar-refractivity contribution in [2.45, 2.75) is 0 Å². The second-order valence-electron chi connectivity index (χ2n) is 3.85. The summed E-state index contributed by atoms with van der Waals surface area (Å²) in [4.78, 5) is 4.27. The van der Waals surface area contributed by atoms with Crippen molar-refractivity contribution in [2.24, 2.45) is 0 Å². The SMILES string of the molecule is Oc1cccn2c(-c3cccc(Cl)c3)nc(Cl)c12. The zero-order chi connectivity index (χ0) is 12.7. The van der Waals surface area contributed by atoms with E-state index in [0.717, 1.165) is 5.56 Å². The summed E-state index contributed by atoms with van der Waals surface area (Å²) in [5.74, 6) is 0.747. The monoisotopic (exact) mass is 278 g/mol. The van der Waals surface area contributed by atoms with Crippen LogP contribution in [0.2, 0.25) is 10.2 Å². The first-order valence-electron chi connectivity index (χ1n) is 5.28. The highest BCUT2D eigenvalue weighted by Gasteiger charge is 2.14. The van der Waals surface area contributed by atoms with Crippen LogP contribution in [0.1, 0.15) is 0 Å². The first-order valence-corrected chi connectivity index (χ1v) is 6.04. The van der Waals surface area contributed by atoms with Crippen LogP contribution in [0, 0.1) is 0 Å². The minimum Gasteiger partial charge on any atom is -0.506 e. The molecule has 0 atom stereocenters. The number of aromatic nitrogens is 2. The third-order valence-corrected chi connectivity index (χ3v) is 3.18. The Morgan fingerprint density at radius 3 is 2.72 bits per heavy atom. The lowest BCUT2D eigenvalue weighted by Gasteiger charge is -2.02. The van der Waals surface area contributed by atoms with Gasteiger partial charge in [-0.25, -0.2) is 4.98 Å². The fraction of sp³-hybridized carbons (Fsp3) is 0. The summed E-state index contributed by atoms with van der Waals surface area (Å²) >= 11 is 12.0. The first-order chi connectivity index (χ1) is 8.66. The molecule has 0 radical (unpaired) electrons. The van der Waals surface area contributed by atoms with Gasteiger partial charge in [-0.05, 0) is 24.3 Å². The number of pyridine rings is 1. The molecule has 2 heterocycles. The predicted octanol–water partition coefficient (Wildman–Crippen LogP) is 4.01. The third kappa shape index (κ3) is 1.72. The van der Waals surface area contributed by atoms with E-state index in [0.29, 0.717) is 16.4 Å². The molecule has 1 aromatic carbocycles. The molecule has 5 heteroatoms. The molecule has 0 bridgehead atoms. The van der Waals surface area contributed by atoms with Gasteiger partial charge < -0.3 is 5.11 Å². The smallest absolute Gasteiger partial charge is 0.159 e. The molecule has 0 amide bonds. The van der Waals surface area contributed by atoms with E-state index in [2.05, 4.69) is 4.98 Å². The van der Waals surface area contributed by atoms with E-state index in [9.17, 15) is 5.11 Å². The van der Waals surface area contributed by atoms with E-state index in [1.165, 1.54) is 0 Å². The maximum absolute atomic E-state index is 9.80. The molecule has 1 N–H and O–H groups in total. The second kappa shape index (κ2) is 4.19. The van der Waals surface area contributed by atoms with Crippen molar-refractivity contribution in [3.05, 3.63) is 52.8 Å². The van der Waals surface area contributed by atoms with Crippen molar-refractivity contribution in [2.75, 3.05) is 0 Å². The highest BCUT2D eigenvalue weighted by Crippen LogP contribution is 2.31. The number of hydrogen-bond donors (Lipinski definition) is 1. The van der Waals surface area contributed by atoms with Crippen molar-refractivity contribution < 1.29 is 5.11 Å². The van der Waals surface area contributed by atoms with Gasteiger partial charge in [0.15, 0.2) is 5.15 Å². The Bertz CT molecular complexity index is 737. The van der Waals surface area contributed by atoms with Gasteiger partial charge in [0, 0.05) is 16.8 Å².